The third-order valence-corrected chi connectivity index (χ3v) is 6.41. The molecular formula is C36H52N2O11. The first-order valence-electron chi connectivity index (χ1n) is 16.3. The normalized spacial score (nSPS) is 15.5. The van der Waals surface area contributed by atoms with Gasteiger partial charge in [-0.05, 0) is 80.4 Å². The quantitative estimate of drug-likeness (QED) is 0.0906. The van der Waals surface area contributed by atoms with Gasteiger partial charge in [0.2, 0.25) is 0 Å². The highest BCUT2D eigenvalue weighted by Gasteiger charge is 2.41. The van der Waals surface area contributed by atoms with Gasteiger partial charge in [0.15, 0.2) is 24.8 Å². The van der Waals surface area contributed by atoms with Gasteiger partial charge >= 0.3 is 24.1 Å². The highest BCUT2D eigenvalue weighted by atomic mass is 16.7. The molecule has 0 aliphatic carbocycles. The molecule has 0 spiro atoms. The van der Waals surface area contributed by atoms with Gasteiger partial charge < -0.3 is 43.8 Å². The fourth-order valence-corrected chi connectivity index (χ4v) is 4.57. The third-order valence-electron chi connectivity index (χ3n) is 6.41. The number of hydrogen-bond donors (Lipinski definition) is 2. The van der Waals surface area contributed by atoms with Crippen molar-refractivity contribution in [1.82, 2.24) is 10.6 Å². The molecule has 2 amide bonds. The lowest BCUT2D eigenvalue weighted by Gasteiger charge is -2.32. The molecule has 0 bridgehead atoms. The van der Waals surface area contributed by atoms with Gasteiger partial charge in [-0.2, -0.15) is 0 Å². The second-order valence-electron chi connectivity index (χ2n) is 13.0. The Kier molecular flexibility index (Phi) is 16.1. The van der Waals surface area contributed by atoms with E-state index in [9.17, 15) is 19.2 Å². The molecule has 2 aromatic rings. The molecule has 0 saturated carbocycles. The maximum Gasteiger partial charge on any atom is 0.408 e. The van der Waals surface area contributed by atoms with E-state index in [2.05, 4.69) is 10.6 Å². The summed E-state index contributed by atoms with van der Waals surface area (Å²) < 4.78 is 39.5. The molecule has 2 N–H and O–H groups in total. The van der Waals surface area contributed by atoms with Crippen LogP contribution < -0.4 is 10.6 Å². The number of nitrogens with one attached hydrogen (secondary N) is 2. The van der Waals surface area contributed by atoms with E-state index in [1.807, 2.05) is 0 Å². The van der Waals surface area contributed by atoms with E-state index in [0.29, 0.717) is 11.1 Å². The highest BCUT2D eigenvalue weighted by Crippen LogP contribution is 2.27. The molecule has 0 fully saturated rings. The lowest BCUT2D eigenvalue weighted by atomic mass is 10.0. The van der Waals surface area contributed by atoms with Crippen molar-refractivity contribution in [3.8, 4) is 0 Å². The van der Waals surface area contributed by atoms with E-state index in [1.165, 1.54) is 0 Å². The molecule has 0 aliphatic rings. The summed E-state index contributed by atoms with van der Waals surface area (Å²) in [5, 5.41) is 5.38. The van der Waals surface area contributed by atoms with Crippen LogP contribution in [-0.4, -0.2) is 73.3 Å². The largest absolute Gasteiger partial charge is 0.444 e. The van der Waals surface area contributed by atoms with Crippen LogP contribution in [0.2, 0.25) is 0 Å². The van der Waals surface area contributed by atoms with Crippen molar-refractivity contribution in [3.63, 3.8) is 0 Å². The van der Waals surface area contributed by atoms with Gasteiger partial charge in [0.25, 0.3) is 0 Å². The lowest BCUT2D eigenvalue weighted by molar-refractivity contribution is -0.206. The molecule has 6 atom stereocenters. The Morgan fingerprint density at radius 1 is 0.592 bits per heavy atom. The summed E-state index contributed by atoms with van der Waals surface area (Å²) in [6.07, 6.45) is -6.81. The first kappa shape index (κ1) is 41.1. The van der Waals surface area contributed by atoms with Crippen LogP contribution in [0.25, 0.3) is 0 Å². The predicted molar refractivity (Wildman–Crippen MR) is 180 cm³/mol. The molecule has 0 radical (unpaired) electrons. The van der Waals surface area contributed by atoms with Crippen molar-refractivity contribution in [1.29, 1.82) is 0 Å². The molecule has 13 heteroatoms. The van der Waals surface area contributed by atoms with Crippen LogP contribution in [0.3, 0.4) is 0 Å². The molecular weight excluding hydrogens is 636 g/mol. The summed E-state index contributed by atoms with van der Waals surface area (Å²) in [7, 11) is 0. The summed E-state index contributed by atoms with van der Waals surface area (Å²) >= 11 is 0. The molecule has 13 nitrogen and oxygen atoms in total. The number of carbonyl (C=O) groups excluding carboxylic acids is 4. The summed E-state index contributed by atoms with van der Waals surface area (Å²) in [4.78, 5) is 54.1. The Balaban J connectivity index is 2.58. The zero-order valence-electron chi connectivity index (χ0n) is 30.1. The van der Waals surface area contributed by atoms with Crippen molar-refractivity contribution >= 4 is 24.1 Å². The van der Waals surface area contributed by atoms with Crippen molar-refractivity contribution in [2.24, 2.45) is 0 Å². The van der Waals surface area contributed by atoms with E-state index in [-0.39, 0.29) is 13.2 Å². The fraction of sp³-hybridized carbons (Fsp3) is 0.556. The highest BCUT2D eigenvalue weighted by molar-refractivity contribution is 5.91. The van der Waals surface area contributed by atoms with Crippen LogP contribution in [0, 0.1) is 0 Å². The Bertz CT molecular complexity index is 1220. The van der Waals surface area contributed by atoms with Gasteiger partial charge in [0.05, 0.1) is 12.1 Å². The Morgan fingerprint density at radius 2 is 0.918 bits per heavy atom. The van der Waals surface area contributed by atoms with Crippen molar-refractivity contribution in [2.45, 2.75) is 117 Å². The first-order chi connectivity index (χ1) is 22.9. The first-order valence-corrected chi connectivity index (χ1v) is 16.3. The van der Waals surface area contributed by atoms with Gasteiger partial charge in [0.1, 0.15) is 11.2 Å². The van der Waals surface area contributed by atoms with Gasteiger partial charge in [-0.15, -0.1) is 0 Å². The summed E-state index contributed by atoms with van der Waals surface area (Å²) in [5.41, 5.74) is -0.797. The van der Waals surface area contributed by atoms with E-state index < -0.39 is 72.2 Å². The van der Waals surface area contributed by atoms with Crippen molar-refractivity contribution in [2.75, 3.05) is 13.2 Å². The number of benzene rings is 2. The standard InChI is InChI=1S/C36H52N2O11/c1-11-43-23(3)45-29(27(25-19-15-13-16-20-25)37-33(41)48-35(5,6)7)31(39)47-32(40)30(46-24(4)44-12-2)28(26-21-17-14-18-22-26)38-34(42)49-36(8,9)10/h13-24,27-30H,11-12H2,1-10H3,(H,37,41)(H,38,42)/t23?,24?,27-,28-,29+,30+/m0/s1. The molecule has 0 heterocycles. The number of esters is 2. The van der Waals surface area contributed by atoms with Crippen LogP contribution in [-0.2, 0) is 42.7 Å². The third kappa shape index (κ3) is 14.9. The average molecular weight is 689 g/mol. The van der Waals surface area contributed by atoms with Gasteiger partial charge in [-0.1, -0.05) is 60.7 Å². The maximum absolute atomic E-state index is 14.0. The topological polar surface area (TPSA) is 157 Å². The second kappa shape index (κ2) is 19.2. The number of amides is 2. The molecule has 2 unspecified atom stereocenters. The van der Waals surface area contributed by atoms with Gasteiger partial charge in [-0.25, -0.2) is 19.2 Å². The molecule has 2 aromatic carbocycles. The molecule has 49 heavy (non-hydrogen) atoms. The predicted octanol–water partition coefficient (Wildman–Crippen LogP) is 6.12. The smallest absolute Gasteiger partial charge is 0.408 e. The Morgan fingerprint density at radius 3 is 1.20 bits per heavy atom. The number of alkyl carbamates (subject to hydrolysis) is 2. The summed E-state index contributed by atoms with van der Waals surface area (Å²) in [6.45, 7) is 17.3. The Hall–Kier alpha value is -4.04. The molecule has 272 valence electrons. The lowest BCUT2D eigenvalue weighted by Crippen LogP contribution is -2.49. The number of ether oxygens (including phenoxy) is 7. The van der Waals surface area contributed by atoms with Crippen LogP contribution in [0.15, 0.2) is 60.7 Å². The average Bonchev–Trinajstić information content (AvgIpc) is 3.00. The van der Waals surface area contributed by atoms with Crippen LogP contribution in [0.5, 0.6) is 0 Å². The SMILES string of the molecule is CCOC(C)O[C@@H](C(=O)OC(=O)[C@H](OC(C)OCC)[C@@H](NC(=O)OC(C)(C)C)c1ccccc1)[C@@H](NC(=O)OC(C)(C)C)c1ccccc1. The number of hydrogen-bond acceptors (Lipinski definition) is 11. The summed E-state index contributed by atoms with van der Waals surface area (Å²) in [6, 6.07) is 14.7. The molecule has 2 rings (SSSR count). The molecule has 0 aliphatic heterocycles. The zero-order valence-corrected chi connectivity index (χ0v) is 30.1. The van der Waals surface area contributed by atoms with Crippen molar-refractivity contribution in [3.05, 3.63) is 71.8 Å². The monoisotopic (exact) mass is 688 g/mol. The minimum atomic E-state index is -1.61. The van der Waals surface area contributed by atoms with E-state index in [4.69, 9.17) is 33.2 Å². The molecule has 0 saturated heterocycles. The van der Waals surface area contributed by atoms with Crippen molar-refractivity contribution < 1.29 is 52.3 Å². The minimum Gasteiger partial charge on any atom is -0.444 e. The van der Waals surface area contributed by atoms with Crippen LogP contribution in [0.4, 0.5) is 9.59 Å². The van der Waals surface area contributed by atoms with E-state index in [1.54, 1.807) is 130 Å². The molecule has 0 aromatic heterocycles. The Labute approximate surface area is 289 Å². The van der Waals surface area contributed by atoms with E-state index >= 15 is 0 Å². The van der Waals surface area contributed by atoms with E-state index in [0.717, 1.165) is 0 Å². The van der Waals surface area contributed by atoms with Crippen LogP contribution in [0.1, 0.15) is 92.4 Å². The summed E-state index contributed by atoms with van der Waals surface area (Å²) in [5.74, 6) is -2.33. The van der Waals surface area contributed by atoms with Crippen LogP contribution >= 0.6 is 0 Å². The van der Waals surface area contributed by atoms with Gasteiger partial charge in [0, 0.05) is 13.2 Å². The fourth-order valence-electron chi connectivity index (χ4n) is 4.57. The van der Waals surface area contributed by atoms with Gasteiger partial charge in [-0.3, -0.25) is 0 Å². The number of rotatable bonds is 16. The zero-order chi connectivity index (χ0) is 36.8. The maximum atomic E-state index is 14.0. The second-order valence-corrected chi connectivity index (χ2v) is 13.0. The minimum absolute atomic E-state index is 0.248. The number of carbonyl (C=O) groups is 4.